The van der Waals surface area contributed by atoms with Gasteiger partial charge in [0.2, 0.25) is 11.8 Å². The van der Waals surface area contributed by atoms with Crippen LogP contribution in [0.25, 0.3) is 0 Å². The van der Waals surface area contributed by atoms with E-state index in [9.17, 15) is 10.2 Å². The van der Waals surface area contributed by atoms with Gasteiger partial charge in [-0.05, 0) is 143 Å². The molecule has 5 aliphatic rings. The van der Waals surface area contributed by atoms with Gasteiger partial charge in [0, 0.05) is 23.7 Å². The minimum absolute atomic E-state index is 0.0473. The number of epoxide rings is 4. The summed E-state index contributed by atoms with van der Waals surface area (Å²) in [5.41, 5.74) is -2.00. The summed E-state index contributed by atoms with van der Waals surface area (Å²) in [6, 6.07) is 13.3. The van der Waals surface area contributed by atoms with Crippen LogP contribution in [0.15, 0.2) is 48.5 Å². The quantitative estimate of drug-likeness (QED) is 0.0857. The molecule has 2 N–H and O–H groups in total. The Labute approximate surface area is 458 Å². The molecule has 2 aromatic rings. The third-order valence-electron chi connectivity index (χ3n) is 16.5. The maximum absolute atomic E-state index is 15.1. The molecule has 14 nitrogen and oxygen atoms in total. The fourth-order valence-corrected chi connectivity index (χ4v) is 9.36. The SMILES string of the molecule is CC(C)CC1CO1.CC(C)CC1CO1.CC(OCC(C)(C)C1CO1)C(C)(C)COc1ccc(CC2C(=O)N(C(C)(C)C(C)O)C(Cc3ccc(OC(C)(C)C(C)OC(C)(C)C4CO4)cc3)C(=O)N2C(C)(C)C(C)O)cc1. The number of carbonyl (C=O) groups is 2. The van der Waals surface area contributed by atoms with Crippen LogP contribution in [0, 0.1) is 22.7 Å². The minimum Gasteiger partial charge on any atom is -0.493 e. The van der Waals surface area contributed by atoms with Crippen LogP contribution < -0.4 is 9.47 Å². The van der Waals surface area contributed by atoms with Gasteiger partial charge in [-0.25, -0.2) is 0 Å². The summed E-state index contributed by atoms with van der Waals surface area (Å²) >= 11 is 0. The molecule has 2 amide bonds. The zero-order valence-electron chi connectivity index (χ0n) is 50.5. The number of aliphatic hydroxyl groups is 2. The molecule has 10 unspecified atom stereocenters. The zero-order chi connectivity index (χ0) is 56.9. The number of piperazine rings is 1. The van der Waals surface area contributed by atoms with Gasteiger partial charge in [-0.3, -0.25) is 9.59 Å². The van der Waals surface area contributed by atoms with Crippen LogP contribution in [-0.2, 0) is 50.9 Å². The number of carbonyl (C=O) groups excluding carboxylic acids is 2. The van der Waals surface area contributed by atoms with Gasteiger partial charge in [0.05, 0.1) is 99.0 Å². The van der Waals surface area contributed by atoms with Crippen molar-refractivity contribution in [3.8, 4) is 11.5 Å². The Kier molecular flexibility index (Phi) is 21.2. The third kappa shape index (κ3) is 17.8. The fourth-order valence-electron chi connectivity index (χ4n) is 9.36. The minimum atomic E-state index is -1.11. The Morgan fingerprint density at radius 2 is 0.947 bits per heavy atom. The summed E-state index contributed by atoms with van der Waals surface area (Å²) in [6.45, 7) is 44.6. The molecule has 5 fully saturated rings. The molecule has 432 valence electrons. The number of ether oxygens (including phenoxy) is 8. The Morgan fingerprint density at radius 3 is 1.29 bits per heavy atom. The van der Waals surface area contributed by atoms with E-state index >= 15 is 9.59 Å². The smallest absolute Gasteiger partial charge is 0.246 e. The summed E-state index contributed by atoms with van der Waals surface area (Å²) in [6.07, 6.45) is 2.24. The number of benzene rings is 2. The first-order valence-electron chi connectivity index (χ1n) is 28.4. The second kappa shape index (κ2) is 25.4. The van der Waals surface area contributed by atoms with E-state index in [0.717, 1.165) is 42.8 Å². The van der Waals surface area contributed by atoms with Crippen LogP contribution >= 0.6 is 0 Å². The third-order valence-corrected chi connectivity index (χ3v) is 16.5. The lowest BCUT2D eigenvalue weighted by atomic mass is 9.83. The number of nitrogens with zero attached hydrogens (tertiary/aromatic N) is 2. The number of amides is 2. The molecule has 2 aromatic carbocycles. The zero-order valence-corrected chi connectivity index (χ0v) is 50.5. The van der Waals surface area contributed by atoms with E-state index in [0.29, 0.717) is 43.5 Å². The normalized spacial score (nSPS) is 24.5. The summed E-state index contributed by atoms with van der Waals surface area (Å²) in [7, 11) is 0. The molecular formula is C62H102N2O12. The standard InChI is InChI=1S/C50H78N2O10.2C6H12O/c1-31(53)47(9,10)51-39(25-35-17-21-37(22-18-35)60-29-45(5,6)33(3)59-30-46(7,8)41-27-57-41)43(55)52(48(11,12)32(2)54)40(44(51)56)26-36-19-23-38(24-20-36)62-49(13,14)34(4)61-50(15,16)42-28-58-42;2*1-5(2)3-6-4-7-6/h17-24,31-34,39-42,53-54H,25-30H2,1-16H3;2*5-6H,3-4H2,1-2H3. The van der Waals surface area contributed by atoms with Gasteiger partial charge in [-0.2, -0.15) is 0 Å². The van der Waals surface area contributed by atoms with Gasteiger partial charge in [0.25, 0.3) is 0 Å². The van der Waals surface area contributed by atoms with Crippen molar-refractivity contribution in [3.63, 3.8) is 0 Å². The predicted molar refractivity (Wildman–Crippen MR) is 299 cm³/mol. The Bertz CT molecular complexity index is 2110. The molecule has 0 aliphatic carbocycles. The first-order valence-corrected chi connectivity index (χ1v) is 28.4. The van der Waals surface area contributed by atoms with Crippen LogP contribution in [0.3, 0.4) is 0 Å². The fraction of sp³-hybridized carbons (Fsp3) is 0.774. The average molecular weight is 1070 g/mol. The summed E-state index contributed by atoms with van der Waals surface area (Å²) < 4.78 is 46.5. The van der Waals surface area contributed by atoms with Crippen molar-refractivity contribution in [2.24, 2.45) is 22.7 Å². The highest BCUT2D eigenvalue weighted by Gasteiger charge is 2.56. The molecule has 0 aromatic heterocycles. The summed E-state index contributed by atoms with van der Waals surface area (Å²) in [4.78, 5) is 33.3. The Morgan fingerprint density at radius 1 is 0.553 bits per heavy atom. The van der Waals surface area contributed by atoms with Gasteiger partial charge in [-0.1, -0.05) is 79.7 Å². The van der Waals surface area contributed by atoms with Crippen molar-refractivity contribution < 1.29 is 57.7 Å². The lowest BCUT2D eigenvalue weighted by Crippen LogP contribution is -2.75. The molecule has 10 atom stereocenters. The molecule has 0 spiro atoms. The van der Waals surface area contributed by atoms with Crippen molar-refractivity contribution >= 4 is 11.8 Å². The van der Waals surface area contributed by atoms with Crippen molar-refractivity contribution in [2.45, 2.75) is 247 Å². The highest BCUT2D eigenvalue weighted by atomic mass is 16.6. The second-order valence-electron chi connectivity index (χ2n) is 26.9. The van der Waals surface area contributed by atoms with E-state index in [-0.39, 0.29) is 59.9 Å². The number of aliphatic hydroxyl groups excluding tert-OH is 2. The molecule has 0 saturated carbocycles. The predicted octanol–water partition coefficient (Wildman–Crippen LogP) is 10.0. The number of hydrogen-bond donors (Lipinski definition) is 2. The maximum atomic E-state index is 15.1. The van der Waals surface area contributed by atoms with Crippen LogP contribution in [0.1, 0.15) is 162 Å². The van der Waals surface area contributed by atoms with E-state index in [1.807, 2.05) is 83.1 Å². The van der Waals surface area contributed by atoms with Gasteiger partial charge >= 0.3 is 0 Å². The molecule has 5 heterocycles. The van der Waals surface area contributed by atoms with Crippen molar-refractivity contribution in [2.75, 3.05) is 39.6 Å². The largest absolute Gasteiger partial charge is 0.493 e. The lowest BCUT2D eigenvalue weighted by molar-refractivity contribution is -0.182. The molecule has 14 heteroatoms. The van der Waals surface area contributed by atoms with E-state index in [4.69, 9.17) is 37.9 Å². The van der Waals surface area contributed by atoms with Gasteiger partial charge < -0.3 is 57.9 Å². The molecule has 0 radical (unpaired) electrons. The lowest BCUT2D eigenvalue weighted by Gasteiger charge is -2.56. The van der Waals surface area contributed by atoms with Crippen molar-refractivity contribution in [1.82, 2.24) is 9.80 Å². The average Bonchev–Trinajstić information content (AvgIpc) is 4.10. The maximum Gasteiger partial charge on any atom is 0.246 e. The number of hydrogen-bond acceptors (Lipinski definition) is 12. The van der Waals surface area contributed by atoms with Gasteiger partial charge in [0.1, 0.15) is 35.3 Å². The molecule has 5 saturated heterocycles. The van der Waals surface area contributed by atoms with Crippen LogP contribution in [0.5, 0.6) is 11.5 Å². The molecular weight excluding hydrogens is 965 g/mol. The van der Waals surface area contributed by atoms with Crippen LogP contribution in [-0.4, -0.2) is 155 Å². The summed E-state index contributed by atoms with van der Waals surface area (Å²) in [5, 5.41) is 22.3. The molecule has 0 bridgehead atoms. The Balaban J connectivity index is 0.000000656. The van der Waals surface area contributed by atoms with Crippen molar-refractivity contribution in [3.05, 3.63) is 59.7 Å². The van der Waals surface area contributed by atoms with E-state index in [2.05, 4.69) is 62.3 Å². The first kappa shape index (κ1) is 63.5. The second-order valence-corrected chi connectivity index (χ2v) is 26.9. The summed E-state index contributed by atoms with van der Waals surface area (Å²) in [5.74, 6) is 2.36. The molecule has 76 heavy (non-hydrogen) atoms. The van der Waals surface area contributed by atoms with Crippen LogP contribution in [0.2, 0.25) is 0 Å². The monoisotopic (exact) mass is 1070 g/mol. The van der Waals surface area contributed by atoms with E-state index in [1.165, 1.54) is 12.8 Å². The Hall–Kier alpha value is -3.34. The van der Waals surface area contributed by atoms with Crippen molar-refractivity contribution in [1.29, 1.82) is 0 Å². The highest BCUT2D eigenvalue weighted by molar-refractivity contribution is 5.98. The van der Waals surface area contributed by atoms with Gasteiger partial charge in [-0.15, -0.1) is 0 Å². The highest BCUT2D eigenvalue weighted by Crippen LogP contribution is 2.39. The van der Waals surface area contributed by atoms with E-state index in [1.54, 1.807) is 51.3 Å². The van der Waals surface area contributed by atoms with E-state index < -0.39 is 46.6 Å². The van der Waals surface area contributed by atoms with Gasteiger partial charge in [0.15, 0.2) is 0 Å². The van der Waals surface area contributed by atoms with Crippen LogP contribution in [0.4, 0.5) is 0 Å². The first-order chi connectivity index (χ1) is 35.1. The topological polar surface area (TPSA) is 168 Å². The number of rotatable bonds is 26. The molecule has 7 rings (SSSR count). The molecule has 5 aliphatic heterocycles.